The van der Waals surface area contributed by atoms with Crippen LogP contribution in [0.3, 0.4) is 0 Å². The molecule has 0 bridgehead atoms. The molecule has 136 valence electrons. The Hall–Kier alpha value is -0.880. The summed E-state index contributed by atoms with van der Waals surface area (Å²) < 4.78 is 0. The molecular weight excluding hydrogens is 349 g/mol. The molecule has 1 aliphatic heterocycles. The van der Waals surface area contributed by atoms with Gasteiger partial charge in [0.25, 0.3) is 5.69 Å². The molecule has 5 nitrogen and oxygen atoms in total. The Morgan fingerprint density at radius 1 is 1.21 bits per heavy atom. The van der Waals surface area contributed by atoms with Gasteiger partial charge in [-0.3, -0.25) is 15.0 Å². The third-order valence-corrected chi connectivity index (χ3v) is 5.16. The lowest BCUT2D eigenvalue weighted by Gasteiger charge is -2.38. The molecule has 24 heavy (non-hydrogen) atoms. The zero-order chi connectivity index (χ0) is 15.5. The summed E-state index contributed by atoms with van der Waals surface area (Å²) in [7, 11) is 0. The number of aryl methyl sites for hydroxylation is 1. The predicted octanol–water partition coefficient (Wildman–Crippen LogP) is 3.88. The van der Waals surface area contributed by atoms with Crippen LogP contribution in [-0.2, 0) is 0 Å². The number of halogens is 2. The molecule has 1 heterocycles. The molecular formula is C17H27Cl2N3O2. The number of benzene rings is 1. The minimum absolute atomic E-state index is 0. The number of rotatable bonds is 4. The lowest BCUT2D eigenvalue weighted by atomic mass is 9.89. The molecule has 1 atom stereocenters. The van der Waals surface area contributed by atoms with Gasteiger partial charge in [0.1, 0.15) is 0 Å². The summed E-state index contributed by atoms with van der Waals surface area (Å²) in [5, 5.41) is 14.7. The van der Waals surface area contributed by atoms with Crippen molar-refractivity contribution in [3.8, 4) is 0 Å². The van der Waals surface area contributed by atoms with Gasteiger partial charge in [-0.05, 0) is 31.2 Å². The van der Waals surface area contributed by atoms with Crippen LogP contribution >= 0.6 is 24.8 Å². The lowest BCUT2D eigenvalue weighted by molar-refractivity contribution is -0.385. The second kappa shape index (κ2) is 9.56. The third kappa shape index (κ3) is 4.60. The number of nitrogens with one attached hydrogen (secondary N) is 1. The van der Waals surface area contributed by atoms with Gasteiger partial charge in [0, 0.05) is 43.9 Å². The molecule has 7 heteroatoms. The molecule has 1 saturated heterocycles. The molecule has 1 saturated carbocycles. The van der Waals surface area contributed by atoms with E-state index in [0.29, 0.717) is 12.0 Å². The summed E-state index contributed by atoms with van der Waals surface area (Å²) in [6.07, 6.45) is 5.08. The molecule has 0 unspecified atom stereocenters. The Balaban J connectivity index is 0.00000144. The molecule has 1 aliphatic carbocycles. The number of nitrogens with zero attached hydrogens (tertiary/aromatic N) is 2. The highest BCUT2D eigenvalue weighted by atomic mass is 35.5. The summed E-state index contributed by atoms with van der Waals surface area (Å²) in [6.45, 7) is 5.90. The van der Waals surface area contributed by atoms with E-state index < -0.39 is 0 Å². The van der Waals surface area contributed by atoms with E-state index in [1.165, 1.54) is 25.7 Å². The van der Waals surface area contributed by atoms with Crippen molar-refractivity contribution >= 4 is 30.5 Å². The van der Waals surface area contributed by atoms with Gasteiger partial charge in [-0.1, -0.05) is 25.0 Å². The van der Waals surface area contributed by atoms with Gasteiger partial charge in [-0.2, -0.15) is 0 Å². The Morgan fingerprint density at radius 2 is 1.83 bits per heavy atom. The van der Waals surface area contributed by atoms with Gasteiger partial charge in [-0.15, -0.1) is 24.8 Å². The quantitative estimate of drug-likeness (QED) is 0.640. The number of hydrogen-bond donors (Lipinski definition) is 1. The predicted molar refractivity (Wildman–Crippen MR) is 101 cm³/mol. The SMILES string of the molecule is Cc1ccc([C@@H](C2CCCC2)N2CCNCC2)cc1[N+](=O)[O-].Cl.Cl. The van der Waals surface area contributed by atoms with Crippen LogP contribution in [0.4, 0.5) is 5.69 Å². The molecule has 2 fully saturated rings. The smallest absolute Gasteiger partial charge is 0.272 e. The fourth-order valence-corrected chi connectivity index (χ4v) is 4.02. The minimum Gasteiger partial charge on any atom is -0.314 e. The largest absolute Gasteiger partial charge is 0.314 e. The van der Waals surface area contributed by atoms with Crippen molar-refractivity contribution < 1.29 is 4.92 Å². The van der Waals surface area contributed by atoms with Crippen molar-refractivity contribution in [3.05, 3.63) is 39.4 Å². The first kappa shape index (κ1) is 21.2. The van der Waals surface area contributed by atoms with Crippen molar-refractivity contribution in [1.82, 2.24) is 10.2 Å². The molecule has 3 rings (SSSR count). The Kier molecular flexibility index (Phi) is 8.43. The van der Waals surface area contributed by atoms with Crippen LogP contribution in [0.1, 0.15) is 42.9 Å². The molecule has 0 spiro atoms. The van der Waals surface area contributed by atoms with Gasteiger partial charge in [-0.25, -0.2) is 0 Å². The highest BCUT2D eigenvalue weighted by molar-refractivity contribution is 5.85. The first-order chi connectivity index (χ1) is 10.7. The standard InChI is InChI=1S/C17H25N3O2.2ClH/c1-13-6-7-15(12-16(13)20(21)22)17(14-4-2-3-5-14)19-10-8-18-9-11-19;;/h6-7,12,14,17-18H,2-5,8-11H2,1H3;2*1H/t17-;;/m1../s1. The highest BCUT2D eigenvalue weighted by Gasteiger charge is 2.32. The summed E-state index contributed by atoms with van der Waals surface area (Å²) in [5.41, 5.74) is 2.14. The number of piperazine rings is 1. The van der Waals surface area contributed by atoms with Crippen LogP contribution in [-0.4, -0.2) is 36.0 Å². The molecule has 0 aromatic heterocycles. The normalized spacial score (nSPS) is 20.0. The zero-order valence-electron chi connectivity index (χ0n) is 14.1. The van der Waals surface area contributed by atoms with Crippen LogP contribution in [0.5, 0.6) is 0 Å². The maximum Gasteiger partial charge on any atom is 0.272 e. The fourth-order valence-electron chi connectivity index (χ4n) is 4.02. The van der Waals surface area contributed by atoms with E-state index in [9.17, 15) is 10.1 Å². The van der Waals surface area contributed by atoms with E-state index in [1.54, 1.807) is 0 Å². The van der Waals surface area contributed by atoms with E-state index in [0.717, 1.165) is 37.3 Å². The first-order valence-electron chi connectivity index (χ1n) is 8.36. The van der Waals surface area contributed by atoms with Gasteiger partial charge in [0.2, 0.25) is 0 Å². The minimum atomic E-state index is -0.248. The van der Waals surface area contributed by atoms with Crippen molar-refractivity contribution in [1.29, 1.82) is 0 Å². The molecule has 1 aromatic carbocycles. The topological polar surface area (TPSA) is 58.4 Å². The number of hydrogen-bond acceptors (Lipinski definition) is 4. The van der Waals surface area contributed by atoms with Gasteiger partial charge < -0.3 is 5.32 Å². The molecule has 2 aliphatic rings. The summed E-state index contributed by atoms with van der Waals surface area (Å²) in [6, 6.07) is 6.18. The van der Waals surface area contributed by atoms with Crippen LogP contribution < -0.4 is 5.32 Å². The fraction of sp³-hybridized carbons (Fsp3) is 0.647. The second-order valence-electron chi connectivity index (χ2n) is 6.58. The van der Waals surface area contributed by atoms with E-state index in [2.05, 4.69) is 16.3 Å². The van der Waals surface area contributed by atoms with E-state index in [4.69, 9.17) is 0 Å². The lowest BCUT2D eigenvalue weighted by Crippen LogP contribution is -2.46. The van der Waals surface area contributed by atoms with E-state index in [1.807, 2.05) is 19.1 Å². The Labute approximate surface area is 156 Å². The molecule has 0 radical (unpaired) electrons. The van der Waals surface area contributed by atoms with Crippen molar-refractivity contribution in [2.24, 2.45) is 5.92 Å². The molecule has 0 amide bonds. The zero-order valence-corrected chi connectivity index (χ0v) is 15.7. The van der Waals surface area contributed by atoms with Crippen LogP contribution in [0.25, 0.3) is 0 Å². The Morgan fingerprint density at radius 3 is 2.42 bits per heavy atom. The van der Waals surface area contributed by atoms with Crippen molar-refractivity contribution in [3.63, 3.8) is 0 Å². The first-order valence-corrected chi connectivity index (χ1v) is 8.36. The highest BCUT2D eigenvalue weighted by Crippen LogP contribution is 2.40. The summed E-state index contributed by atoms with van der Waals surface area (Å²) in [4.78, 5) is 13.6. The van der Waals surface area contributed by atoms with Gasteiger partial charge >= 0.3 is 0 Å². The summed E-state index contributed by atoms with van der Waals surface area (Å²) in [5.74, 6) is 0.639. The monoisotopic (exact) mass is 375 g/mol. The third-order valence-electron chi connectivity index (χ3n) is 5.16. The number of nitro benzene ring substituents is 1. The van der Waals surface area contributed by atoms with Crippen molar-refractivity contribution in [2.75, 3.05) is 26.2 Å². The van der Waals surface area contributed by atoms with E-state index >= 15 is 0 Å². The molecule has 1 N–H and O–H groups in total. The van der Waals surface area contributed by atoms with E-state index in [-0.39, 0.29) is 35.4 Å². The average molecular weight is 376 g/mol. The van der Waals surface area contributed by atoms with Gasteiger partial charge in [0.15, 0.2) is 0 Å². The maximum absolute atomic E-state index is 11.3. The van der Waals surface area contributed by atoms with Crippen LogP contribution in [0, 0.1) is 23.0 Å². The van der Waals surface area contributed by atoms with Crippen LogP contribution in [0.15, 0.2) is 18.2 Å². The van der Waals surface area contributed by atoms with Crippen molar-refractivity contribution in [2.45, 2.75) is 38.6 Å². The summed E-state index contributed by atoms with van der Waals surface area (Å²) >= 11 is 0. The maximum atomic E-state index is 11.3. The molecule has 1 aromatic rings. The average Bonchev–Trinajstić information content (AvgIpc) is 3.04. The number of nitro groups is 1. The van der Waals surface area contributed by atoms with Gasteiger partial charge in [0.05, 0.1) is 4.92 Å². The van der Waals surface area contributed by atoms with Crippen LogP contribution in [0.2, 0.25) is 0 Å². The second-order valence-corrected chi connectivity index (χ2v) is 6.58. The Bertz CT molecular complexity index is 545.